The van der Waals surface area contributed by atoms with E-state index in [4.69, 9.17) is 9.47 Å². The average molecular weight is 466 g/mol. The molecule has 1 fully saturated rings. The van der Waals surface area contributed by atoms with Crippen LogP contribution in [0.1, 0.15) is 52.7 Å². The molecule has 3 amide bonds. The van der Waals surface area contributed by atoms with Crippen LogP contribution in [0.25, 0.3) is 0 Å². The van der Waals surface area contributed by atoms with Crippen molar-refractivity contribution in [1.29, 1.82) is 0 Å². The quantitative estimate of drug-likeness (QED) is 0.627. The zero-order valence-electron chi connectivity index (χ0n) is 20.1. The summed E-state index contributed by atoms with van der Waals surface area (Å²) in [4.78, 5) is 39.5. The number of carbonyl (C=O) groups is 3. The monoisotopic (exact) mass is 465 g/mol. The standard InChI is InChI=1S/C26H31N3O5/c1-15-5-8-19(13-23(15)33-3)27-24(30)17-6-9-20(10-7-17)29-14-21-16(2)11-18(25(31)34-4)12-22(21)28-26(29)32/h5,8,11-13,17,20H,6-7,9-10,14H2,1-4H3,(H,27,30)(H,28,32). The average Bonchev–Trinajstić information content (AvgIpc) is 2.84. The first-order valence-corrected chi connectivity index (χ1v) is 11.6. The molecule has 1 saturated carbocycles. The Morgan fingerprint density at radius 3 is 2.44 bits per heavy atom. The minimum atomic E-state index is -0.428. The molecule has 1 aliphatic carbocycles. The van der Waals surface area contributed by atoms with Gasteiger partial charge in [0.05, 0.1) is 26.3 Å². The van der Waals surface area contributed by atoms with E-state index in [2.05, 4.69) is 10.6 Å². The number of ether oxygens (including phenoxy) is 2. The lowest BCUT2D eigenvalue weighted by molar-refractivity contribution is -0.121. The summed E-state index contributed by atoms with van der Waals surface area (Å²) < 4.78 is 10.2. The van der Waals surface area contributed by atoms with Gasteiger partial charge < -0.3 is 25.0 Å². The molecule has 0 spiro atoms. The number of aryl methyl sites for hydroxylation is 2. The summed E-state index contributed by atoms with van der Waals surface area (Å²) >= 11 is 0. The lowest BCUT2D eigenvalue weighted by Crippen LogP contribution is -2.47. The lowest BCUT2D eigenvalue weighted by atomic mass is 9.84. The number of anilines is 2. The van der Waals surface area contributed by atoms with Crippen LogP contribution < -0.4 is 15.4 Å². The highest BCUT2D eigenvalue weighted by atomic mass is 16.5. The first-order chi connectivity index (χ1) is 16.3. The van der Waals surface area contributed by atoms with Crippen LogP contribution in [0.2, 0.25) is 0 Å². The topological polar surface area (TPSA) is 97.0 Å². The highest BCUT2D eigenvalue weighted by Crippen LogP contribution is 2.35. The van der Waals surface area contributed by atoms with Crippen molar-refractivity contribution >= 4 is 29.3 Å². The highest BCUT2D eigenvalue weighted by molar-refractivity contribution is 5.97. The van der Waals surface area contributed by atoms with Gasteiger partial charge >= 0.3 is 12.0 Å². The zero-order chi connectivity index (χ0) is 24.4. The van der Waals surface area contributed by atoms with E-state index in [0.717, 1.165) is 53.8 Å². The molecule has 1 heterocycles. The molecular formula is C26H31N3O5. The largest absolute Gasteiger partial charge is 0.496 e. The summed E-state index contributed by atoms with van der Waals surface area (Å²) in [7, 11) is 2.95. The van der Waals surface area contributed by atoms with Gasteiger partial charge in [-0.15, -0.1) is 0 Å². The molecule has 0 radical (unpaired) electrons. The number of hydrogen-bond donors (Lipinski definition) is 2. The second-order valence-electron chi connectivity index (χ2n) is 9.05. The fourth-order valence-corrected chi connectivity index (χ4v) is 4.89. The van der Waals surface area contributed by atoms with Crippen LogP contribution in [0.4, 0.5) is 16.2 Å². The van der Waals surface area contributed by atoms with E-state index in [1.165, 1.54) is 7.11 Å². The van der Waals surface area contributed by atoms with Crippen molar-refractivity contribution < 1.29 is 23.9 Å². The normalized spacial score (nSPS) is 19.6. The van der Waals surface area contributed by atoms with Crippen molar-refractivity contribution in [3.05, 3.63) is 52.6 Å². The minimum absolute atomic E-state index is 0.00369. The van der Waals surface area contributed by atoms with Gasteiger partial charge in [0.2, 0.25) is 5.91 Å². The van der Waals surface area contributed by atoms with E-state index in [0.29, 0.717) is 17.8 Å². The third-order valence-electron chi connectivity index (χ3n) is 6.91. The summed E-state index contributed by atoms with van der Waals surface area (Å²) in [5.74, 6) is 0.229. The van der Waals surface area contributed by atoms with Gasteiger partial charge in [-0.3, -0.25) is 4.79 Å². The maximum absolute atomic E-state index is 12.9. The number of nitrogens with zero attached hydrogens (tertiary/aromatic N) is 1. The molecule has 1 aliphatic heterocycles. The van der Waals surface area contributed by atoms with Gasteiger partial charge in [0.25, 0.3) is 0 Å². The number of urea groups is 1. The number of benzene rings is 2. The Labute approximate surface area is 199 Å². The van der Waals surface area contributed by atoms with E-state index in [-0.39, 0.29) is 23.9 Å². The molecule has 2 N–H and O–H groups in total. The number of carbonyl (C=O) groups excluding carboxylic acids is 3. The molecule has 0 atom stereocenters. The van der Waals surface area contributed by atoms with Crippen molar-refractivity contribution in [3.63, 3.8) is 0 Å². The molecular weight excluding hydrogens is 434 g/mol. The number of esters is 1. The summed E-state index contributed by atoms with van der Waals surface area (Å²) in [6.45, 7) is 4.38. The maximum atomic E-state index is 12.9. The second-order valence-corrected chi connectivity index (χ2v) is 9.05. The van der Waals surface area contributed by atoms with Gasteiger partial charge in [0.15, 0.2) is 0 Å². The lowest BCUT2D eigenvalue weighted by Gasteiger charge is -2.39. The van der Waals surface area contributed by atoms with Gasteiger partial charge in [-0.05, 0) is 74.4 Å². The number of fused-ring (bicyclic) bond motifs is 1. The smallest absolute Gasteiger partial charge is 0.337 e. The zero-order valence-corrected chi connectivity index (χ0v) is 20.1. The van der Waals surface area contributed by atoms with E-state index >= 15 is 0 Å². The molecule has 0 saturated heterocycles. The molecule has 0 unspecified atom stereocenters. The van der Waals surface area contributed by atoms with Gasteiger partial charge in [-0.25, -0.2) is 9.59 Å². The van der Waals surface area contributed by atoms with Crippen molar-refractivity contribution in [2.24, 2.45) is 5.92 Å². The number of amides is 3. The van der Waals surface area contributed by atoms with E-state index in [1.54, 1.807) is 19.2 Å². The predicted octanol–water partition coefficient (Wildman–Crippen LogP) is 4.64. The van der Waals surface area contributed by atoms with Crippen LogP contribution >= 0.6 is 0 Å². The first-order valence-electron chi connectivity index (χ1n) is 11.6. The molecule has 2 aromatic carbocycles. The van der Waals surface area contributed by atoms with Gasteiger partial charge in [-0.1, -0.05) is 6.07 Å². The Morgan fingerprint density at radius 1 is 1.03 bits per heavy atom. The Hall–Kier alpha value is -3.55. The molecule has 2 aliphatic rings. The first kappa shape index (κ1) is 23.6. The fourth-order valence-electron chi connectivity index (χ4n) is 4.89. The van der Waals surface area contributed by atoms with Crippen LogP contribution in [0.15, 0.2) is 30.3 Å². The van der Waals surface area contributed by atoms with Crippen molar-refractivity contribution in [1.82, 2.24) is 4.90 Å². The Kier molecular flexibility index (Phi) is 6.77. The molecule has 4 rings (SSSR count). The molecule has 2 aromatic rings. The second kappa shape index (κ2) is 9.75. The van der Waals surface area contributed by atoms with Crippen LogP contribution in [0.5, 0.6) is 5.75 Å². The van der Waals surface area contributed by atoms with Crippen LogP contribution in [0, 0.1) is 19.8 Å². The van der Waals surface area contributed by atoms with Crippen LogP contribution in [-0.4, -0.2) is 43.1 Å². The third kappa shape index (κ3) is 4.71. The van der Waals surface area contributed by atoms with Gasteiger partial charge in [0.1, 0.15) is 5.75 Å². The maximum Gasteiger partial charge on any atom is 0.337 e. The van der Waals surface area contributed by atoms with Crippen LogP contribution in [-0.2, 0) is 16.1 Å². The predicted molar refractivity (Wildman–Crippen MR) is 129 cm³/mol. The van der Waals surface area contributed by atoms with Gasteiger partial charge in [0, 0.05) is 29.4 Å². The summed E-state index contributed by atoms with van der Waals surface area (Å²) in [5.41, 5.74) is 4.75. The molecule has 0 bridgehead atoms. The Morgan fingerprint density at radius 2 is 1.76 bits per heavy atom. The fraction of sp³-hybridized carbons (Fsp3) is 0.423. The number of methoxy groups -OCH3 is 2. The highest BCUT2D eigenvalue weighted by Gasteiger charge is 2.35. The minimum Gasteiger partial charge on any atom is -0.496 e. The Bertz CT molecular complexity index is 1120. The van der Waals surface area contributed by atoms with Crippen molar-refractivity contribution in [3.8, 4) is 5.75 Å². The number of rotatable bonds is 5. The summed E-state index contributed by atoms with van der Waals surface area (Å²) in [6, 6.07) is 9.00. The third-order valence-corrected chi connectivity index (χ3v) is 6.91. The summed E-state index contributed by atoms with van der Waals surface area (Å²) in [5, 5.41) is 5.94. The summed E-state index contributed by atoms with van der Waals surface area (Å²) in [6.07, 6.45) is 2.96. The molecule has 180 valence electrons. The van der Waals surface area contributed by atoms with E-state index in [1.807, 2.05) is 36.9 Å². The Balaban J connectivity index is 1.38. The number of hydrogen-bond acceptors (Lipinski definition) is 5. The van der Waals surface area contributed by atoms with E-state index < -0.39 is 5.97 Å². The molecule has 0 aromatic heterocycles. The number of nitrogens with one attached hydrogen (secondary N) is 2. The van der Waals surface area contributed by atoms with Crippen LogP contribution in [0.3, 0.4) is 0 Å². The van der Waals surface area contributed by atoms with E-state index in [9.17, 15) is 14.4 Å². The SMILES string of the molecule is COC(=O)c1cc(C)c2c(c1)NC(=O)N(C1CCC(C(=O)Nc3ccc(C)c(OC)c3)CC1)C2. The molecule has 8 heteroatoms. The van der Waals surface area contributed by atoms with Crippen molar-refractivity contribution in [2.45, 2.75) is 52.1 Å². The van der Waals surface area contributed by atoms with Crippen molar-refractivity contribution in [2.75, 3.05) is 24.9 Å². The molecule has 34 heavy (non-hydrogen) atoms. The van der Waals surface area contributed by atoms with Gasteiger partial charge in [-0.2, -0.15) is 0 Å². The molecule has 8 nitrogen and oxygen atoms in total.